The lowest BCUT2D eigenvalue weighted by atomic mass is 9.92. The third kappa shape index (κ3) is 2.61. The molecule has 1 N–H and O–H groups in total. The molecule has 1 aromatic rings. The molecule has 1 aromatic carbocycles. The lowest BCUT2D eigenvalue weighted by Gasteiger charge is -2.29. The summed E-state index contributed by atoms with van der Waals surface area (Å²) >= 11 is 8.05. The summed E-state index contributed by atoms with van der Waals surface area (Å²) in [4.78, 5) is 0. The van der Waals surface area contributed by atoms with Gasteiger partial charge < -0.3 is 9.84 Å². The fourth-order valence-corrected chi connectivity index (χ4v) is 4.57. The Bertz CT molecular complexity index is 483. The number of aliphatic hydroxyl groups is 1. The predicted octanol–water partition coefficient (Wildman–Crippen LogP) is 3.46. The zero-order chi connectivity index (χ0) is 13.5. The van der Waals surface area contributed by atoms with Crippen molar-refractivity contribution in [3.63, 3.8) is 0 Å². The maximum atomic E-state index is 10.6. The van der Waals surface area contributed by atoms with Crippen molar-refractivity contribution >= 4 is 23.4 Å². The third-order valence-corrected chi connectivity index (χ3v) is 6.04. The van der Waals surface area contributed by atoms with Crippen molar-refractivity contribution < 1.29 is 9.84 Å². The number of aliphatic hydroxyl groups excluding tert-OH is 1. The molecule has 0 saturated carbocycles. The molecule has 4 heteroatoms. The molecular weight excluding hydrogens is 280 g/mol. The minimum absolute atomic E-state index is 0.0200. The molecule has 2 nitrogen and oxygen atoms in total. The molecule has 19 heavy (non-hydrogen) atoms. The Morgan fingerprint density at radius 2 is 2.37 bits per heavy atom. The first-order chi connectivity index (χ1) is 9.08. The van der Waals surface area contributed by atoms with Crippen LogP contribution >= 0.6 is 23.4 Å². The molecule has 2 unspecified atom stereocenters. The normalized spacial score (nSPS) is 27.1. The summed E-state index contributed by atoms with van der Waals surface area (Å²) in [6, 6.07) is 3.92. The summed E-state index contributed by atoms with van der Waals surface area (Å²) < 4.78 is 5.68. The van der Waals surface area contributed by atoms with Crippen LogP contribution in [-0.4, -0.2) is 28.3 Å². The van der Waals surface area contributed by atoms with E-state index in [4.69, 9.17) is 16.3 Å². The molecule has 2 heterocycles. The van der Waals surface area contributed by atoms with Crippen LogP contribution in [0.1, 0.15) is 30.9 Å². The molecule has 104 valence electrons. The van der Waals surface area contributed by atoms with Gasteiger partial charge in [0.05, 0.1) is 12.7 Å². The van der Waals surface area contributed by atoms with E-state index in [0.29, 0.717) is 6.42 Å². The smallest absolute Gasteiger partial charge is 0.126 e. The zero-order valence-corrected chi connectivity index (χ0v) is 12.7. The van der Waals surface area contributed by atoms with Gasteiger partial charge in [0.2, 0.25) is 0 Å². The highest BCUT2D eigenvalue weighted by Crippen LogP contribution is 2.43. The van der Waals surface area contributed by atoms with Crippen LogP contribution in [0, 0.1) is 0 Å². The van der Waals surface area contributed by atoms with Crippen molar-refractivity contribution in [2.75, 3.05) is 12.4 Å². The number of hydrogen-bond acceptors (Lipinski definition) is 3. The zero-order valence-electron chi connectivity index (χ0n) is 11.1. The van der Waals surface area contributed by atoms with Crippen LogP contribution in [0.4, 0.5) is 0 Å². The van der Waals surface area contributed by atoms with Gasteiger partial charge in [-0.25, -0.2) is 0 Å². The van der Waals surface area contributed by atoms with E-state index < -0.39 is 0 Å². The average molecular weight is 299 g/mol. The van der Waals surface area contributed by atoms with E-state index in [0.717, 1.165) is 41.5 Å². The highest BCUT2D eigenvalue weighted by Gasteiger charge is 2.37. The van der Waals surface area contributed by atoms with E-state index in [-0.39, 0.29) is 10.9 Å². The van der Waals surface area contributed by atoms with Crippen LogP contribution in [0.2, 0.25) is 5.02 Å². The van der Waals surface area contributed by atoms with Gasteiger partial charge in [0.15, 0.2) is 0 Å². The second kappa shape index (κ2) is 5.19. The molecule has 0 bridgehead atoms. The maximum absolute atomic E-state index is 10.6. The molecule has 0 spiro atoms. The predicted molar refractivity (Wildman–Crippen MR) is 80.5 cm³/mol. The Morgan fingerprint density at radius 3 is 3.11 bits per heavy atom. The summed E-state index contributed by atoms with van der Waals surface area (Å²) in [7, 11) is 0. The lowest BCUT2D eigenvalue weighted by Crippen LogP contribution is -2.35. The monoisotopic (exact) mass is 298 g/mol. The standard InChI is InChI=1S/C15H19ClO2S/c1-15(4-2-6-19-15)13(17)9-11-8-12(16)7-10-3-5-18-14(10)11/h7-8,13,17H,2-6,9H2,1H3. The number of hydrogen-bond donors (Lipinski definition) is 1. The van der Waals surface area contributed by atoms with E-state index in [9.17, 15) is 5.11 Å². The largest absolute Gasteiger partial charge is 0.493 e. The second-order valence-electron chi connectivity index (χ2n) is 5.64. The molecular formula is C15H19ClO2S. The van der Waals surface area contributed by atoms with E-state index in [1.165, 1.54) is 12.0 Å². The molecule has 2 aliphatic rings. The molecule has 3 rings (SSSR count). The van der Waals surface area contributed by atoms with Crippen LogP contribution in [0.3, 0.4) is 0 Å². The quantitative estimate of drug-likeness (QED) is 0.926. The summed E-state index contributed by atoms with van der Waals surface area (Å²) in [5.41, 5.74) is 2.24. The maximum Gasteiger partial charge on any atom is 0.126 e. The SMILES string of the molecule is CC1(C(O)Cc2cc(Cl)cc3c2OCC3)CCCS1. The van der Waals surface area contributed by atoms with Gasteiger partial charge >= 0.3 is 0 Å². The fourth-order valence-electron chi connectivity index (χ4n) is 2.99. The summed E-state index contributed by atoms with van der Waals surface area (Å²) in [5, 5.41) is 11.3. The second-order valence-corrected chi connectivity index (χ2v) is 7.70. The summed E-state index contributed by atoms with van der Waals surface area (Å²) in [6.45, 7) is 2.89. The first-order valence-corrected chi connectivity index (χ1v) is 8.21. The Morgan fingerprint density at radius 1 is 1.53 bits per heavy atom. The van der Waals surface area contributed by atoms with E-state index in [2.05, 4.69) is 6.92 Å². The average Bonchev–Trinajstić information content (AvgIpc) is 2.98. The van der Waals surface area contributed by atoms with Gasteiger partial charge in [0, 0.05) is 22.6 Å². The Balaban J connectivity index is 1.83. The first kappa shape index (κ1) is 13.6. The molecule has 1 saturated heterocycles. The van der Waals surface area contributed by atoms with Gasteiger partial charge in [-0.15, -0.1) is 0 Å². The lowest BCUT2D eigenvalue weighted by molar-refractivity contribution is 0.132. The van der Waals surface area contributed by atoms with Crippen molar-refractivity contribution in [3.05, 3.63) is 28.3 Å². The Hall–Kier alpha value is -0.380. The van der Waals surface area contributed by atoms with Crippen LogP contribution in [0.15, 0.2) is 12.1 Å². The summed E-state index contributed by atoms with van der Waals surface area (Å²) in [6.07, 6.45) is 3.49. The molecule has 0 aliphatic carbocycles. The fraction of sp³-hybridized carbons (Fsp3) is 0.600. The highest BCUT2D eigenvalue weighted by atomic mass is 35.5. The van der Waals surface area contributed by atoms with Gasteiger partial charge in [-0.05, 0) is 48.8 Å². The van der Waals surface area contributed by atoms with E-state index in [1.54, 1.807) is 0 Å². The number of rotatable bonds is 3. The number of thioether (sulfide) groups is 1. The number of benzene rings is 1. The molecule has 2 atom stereocenters. The third-order valence-electron chi connectivity index (χ3n) is 4.19. The van der Waals surface area contributed by atoms with Gasteiger partial charge in [0.25, 0.3) is 0 Å². The molecule has 0 amide bonds. The molecule has 0 radical (unpaired) electrons. The first-order valence-electron chi connectivity index (χ1n) is 6.85. The van der Waals surface area contributed by atoms with Crippen molar-refractivity contribution in [2.24, 2.45) is 0 Å². The van der Waals surface area contributed by atoms with E-state index in [1.807, 2.05) is 23.9 Å². The molecule has 2 aliphatic heterocycles. The van der Waals surface area contributed by atoms with E-state index >= 15 is 0 Å². The Labute approximate surface area is 123 Å². The van der Waals surface area contributed by atoms with Crippen LogP contribution in [0.5, 0.6) is 5.75 Å². The molecule has 1 fully saturated rings. The number of halogens is 1. The van der Waals surface area contributed by atoms with Crippen molar-refractivity contribution in [2.45, 2.75) is 43.5 Å². The van der Waals surface area contributed by atoms with Crippen LogP contribution in [-0.2, 0) is 12.8 Å². The number of fused-ring (bicyclic) bond motifs is 1. The minimum atomic E-state index is -0.341. The van der Waals surface area contributed by atoms with Gasteiger partial charge in [-0.3, -0.25) is 0 Å². The summed E-state index contributed by atoms with van der Waals surface area (Å²) in [5.74, 6) is 2.10. The highest BCUT2D eigenvalue weighted by molar-refractivity contribution is 8.00. The van der Waals surface area contributed by atoms with Gasteiger partial charge in [0.1, 0.15) is 5.75 Å². The minimum Gasteiger partial charge on any atom is -0.493 e. The van der Waals surface area contributed by atoms with Crippen molar-refractivity contribution in [3.8, 4) is 5.75 Å². The van der Waals surface area contributed by atoms with Crippen molar-refractivity contribution in [1.29, 1.82) is 0 Å². The Kier molecular flexibility index (Phi) is 3.71. The molecule has 0 aromatic heterocycles. The van der Waals surface area contributed by atoms with Crippen LogP contribution in [0.25, 0.3) is 0 Å². The topological polar surface area (TPSA) is 29.5 Å². The van der Waals surface area contributed by atoms with Crippen molar-refractivity contribution in [1.82, 2.24) is 0 Å². The van der Waals surface area contributed by atoms with Gasteiger partial charge in [-0.2, -0.15) is 11.8 Å². The number of ether oxygens (including phenoxy) is 1. The van der Waals surface area contributed by atoms with Gasteiger partial charge in [-0.1, -0.05) is 11.6 Å². The van der Waals surface area contributed by atoms with Crippen LogP contribution < -0.4 is 4.74 Å².